The number of benzene rings is 2. The number of aliphatic hydroxyl groups excluding tert-OH is 2. The first-order valence-corrected chi connectivity index (χ1v) is 9.39. The van der Waals surface area contributed by atoms with Gasteiger partial charge in [-0.1, -0.05) is 23.7 Å². The number of halogens is 1. The van der Waals surface area contributed by atoms with Crippen LogP contribution in [0, 0.1) is 0 Å². The van der Waals surface area contributed by atoms with Crippen LogP contribution in [0.3, 0.4) is 0 Å². The molecule has 5 nitrogen and oxygen atoms in total. The number of Topliss-reactive ketones (excluding diaryl/α,β-unsaturated/α-hetero) is 1. The highest BCUT2D eigenvalue weighted by molar-refractivity contribution is 6.31. The van der Waals surface area contributed by atoms with E-state index in [-0.39, 0.29) is 6.10 Å². The second-order valence-corrected chi connectivity index (χ2v) is 7.03. The summed E-state index contributed by atoms with van der Waals surface area (Å²) in [5.41, 5.74) is 2.14. The quantitative estimate of drug-likeness (QED) is 0.711. The smallest absolute Gasteiger partial charge is 0.193 e. The summed E-state index contributed by atoms with van der Waals surface area (Å²) in [6.45, 7) is 0.869. The Kier molecular flexibility index (Phi) is 6.85. The number of aliphatic hydroxyl groups is 2. The molecule has 0 aliphatic carbocycles. The van der Waals surface area contributed by atoms with Crippen molar-refractivity contribution >= 4 is 17.4 Å². The average Bonchev–Trinajstić information content (AvgIpc) is 2.70. The van der Waals surface area contributed by atoms with Crippen LogP contribution in [-0.2, 0) is 11.2 Å². The lowest BCUT2D eigenvalue weighted by molar-refractivity contribution is 0.0255. The van der Waals surface area contributed by atoms with Gasteiger partial charge >= 0.3 is 0 Å². The van der Waals surface area contributed by atoms with Crippen molar-refractivity contribution in [3.63, 3.8) is 0 Å². The Balaban J connectivity index is 1.68. The summed E-state index contributed by atoms with van der Waals surface area (Å²) in [6.07, 6.45) is 1.13. The zero-order valence-electron chi connectivity index (χ0n) is 14.9. The summed E-state index contributed by atoms with van der Waals surface area (Å²) in [4.78, 5) is 12.0. The monoisotopic (exact) mass is 390 g/mol. The first kappa shape index (κ1) is 19.8. The fraction of sp³-hybridized carbons (Fsp3) is 0.381. The van der Waals surface area contributed by atoms with Gasteiger partial charge in [0.1, 0.15) is 18.0 Å². The Morgan fingerprint density at radius 1 is 1.19 bits per heavy atom. The maximum Gasteiger partial charge on any atom is 0.193 e. The minimum Gasteiger partial charge on any atom is -0.490 e. The number of carbonyl (C=O) groups excluding carboxylic acids is 1. The molecule has 0 spiro atoms. The minimum absolute atomic E-state index is 0.194. The Labute approximate surface area is 163 Å². The van der Waals surface area contributed by atoms with Crippen LogP contribution in [0.4, 0.5) is 0 Å². The van der Waals surface area contributed by atoms with Crippen LogP contribution in [-0.4, -0.2) is 48.0 Å². The maximum atomic E-state index is 12.0. The highest BCUT2D eigenvalue weighted by atomic mass is 35.5. The molecule has 6 heteroatoms. The average molecular weight is 391 g/mol. The fourth-order valence-electron chi connectivity index (χ4n) is 3.03. The van der Waals surface area contributed by atoms with Gasteiger partial charge in [-0.15, -0.1) is 0 Å². The van der Waals surface area contributed by atoms with E-state index in [1.807, 2.05) is 24.3 Å². The van der Waals surface area contributed by atoms with E-state index in [2.05, 4.69) is 0 Å². The van der Waals surface area contributed by atoms with E-state index in [0.29, 0.717) is 17.0 Å². The lowest BCUT2D eigenvalue weighted by Crippen LogP contribution is -2.25. The largest absolute Gasteiger partial charge is 0.490 e. The molecule has 1 aliphatic heterocycles. The Bertz CT molecular complexity index is 769. The normalized spacial score (nSPS) is 16.1. The molecular formula is C21H23ClO5. The van der Waals surface area contributed by atoms with Gasteiger partial charge in [0.25, 0.3) is 0 Å². The topological polar surface area (TPSA) is 76.0 Å². The summed E-state index contributed by atoms with van der Waals surface area (Å²) >= 11 is 6.26. The van der Waals surface area contributed by atoms with Gasteiger partial charge in [-0.3, -0.25) is 4.79 Å². The van der Waals surface area contributed by atoms with Gasteiger partial charge in [-0.25, -0.2) is 0 Å². The third kappa shape index (κ3) is 5.30. The highest BCUT2D eigenvalue weighted by Gasteiger charge is 2.18. The molecule has 1 saturated heterocycles. The van der Waals surface area contributed by atoms with Gasteiger partial charge in [0.05, 0.1) is 19.8 Å². The predicted octanol–water partition coefficient (Wildman–Crippen LogP) is 3.02. The fourth-order valence-corrected chi connectivity index (χ4v) is 3.22. The zero-order valence-corrected chi connectivity index (χ0v) is 15.7. The summed E-state index contributed by atoms with van der Waals surface area (Å²) in [7, 11) is 0. The van der Waals surface area contributed by atoms with Gasteiger partial charge in [-0.2, -0.15) is 0 Å². The molecule has 0 bridgehead atoms. The minimum atomic E-state index is -1.42. The number of carbonyl (C=O) groups is 1. The zero-order chi connectivity index (χ0) is 19.2. The van der Waals surface area contributed by atoms with Crippen LogP contribution in [0.2, 0.25) is 5.02 Å². The van der Waals surface area contributed by atoms with Crippen LogP contribution in [0.5, 0.6) is 5.75 Å². The van der Waals surface area contributed by atoms with E-state index < -0.39 is 18.5 Å². The van der Waals surface area contributed by atoms with E-state index in [0.717, 1.165) is 42.9 Å². The molecule has 3 rings (SSSR count). The molecule has 1 heterocycles. The Morgan fingerprint density at radius 2 is 1.89 bits per heavy atom. The molecule has 1 atom stereocenters. The van der Waals surface area contributed by atoms with Crippen LogP contribution in [0.15, 0.2) is 42.5 Å². The lowest BCUT2D eigenvalue weighted by atomic mass is 9.99. The van der Waals surface area contributed by atoms with Crippen molar-refractivity contribution in [2.24, 2.45) is 0 Å². The molecule has 0 radical (unpaired) electrons. The molecule has 2 aromatic rings. The number of ketones is 1. The number of hydrogen-bond acceptors (Lipinski definition) is 5. The van der Waals surface area contributed by atoms with Crippen LogP contribution in [0.1, 0.15) is 34.3 Å². The summed E-state index contributed by atoms with van der Waals surface area (Å²) in [5, 5.41) is 19.0. The molecule has 1 aliphatic rings. The molecule has 144 valence electrons. The van der Waals surface area contributed by atoms with Gasteiger partial charge in [-0.05, 0) is 47.9 Å². The second-order valence-electron chi connectivity index (χ2n) is 6.62. The molecular weight excluding hydrogens is 368 g/mol. The van der Waals surface area contributed by atoms with Crippen molar-refractivity contribution in [1.29, 1.82) is 0 Å². The molecule has 2 aromatic carbocycles. The van der Waals surface area contributed by atoms with E-state index >= 15 is 0 Å². The molecule has 1 fully saturated rings. The van der Waals surface area contributed by atoms with Gasteiger partial charge in [0.2, 0.25) is 0 Å². The number of rotatable bonds is 7. The van der Waals surface area contributed by atoms with Crippen LogP contribution in [0.25, 0.3) is 0 Å². The standard InChI is InChI=1S/C21H23ClO5/c22-19-6-3-15(21(25)20(24)13-23)12-16(19)11-14-1-4-17(5-2-14)27-18-7-9-26-10-8-18/h1-6,12,18,20,23-24H,7-11,13H2. The summed E-state index contributed by atoms with van der Waals surface area (Å²) < 4.78 is 11.3. The second kappa shape index (κ2) is 9.33. The van der Waals surface area contributed by atoms with Crippen molar-refractivity contribution in [3.8, 4) is 5.75 Å². The van der Waals surface area contributed by atoms with Gasteiger partial charge < -0.3 is 19.7 Å². The first-order chi connectivity index (χ1) is 13.1. The Morgan fingerprint density at radius 3 is 2.56 bits per heavy atom. The van der Waals surface area contributed by atoms with Gasteiger partial charge in [0.15, 0.2) is 5.78 Å². The highest BCUT2D eigenvalue weighted by Crippen LogP contribution is 2.24. The number of ether oxygens (including phenoxy) is 2. The van der Waals surface area contributed by atoms with Crippen molar-refractivity contribution in [2.45, 2.75) is 31.5 Å². The van der Waals surface area contributed by atoms with Crippen LogP contribution < -0.4 is 4.74 Å². The predicted molar refractivity (Wildman–Crippen MR) is 103 cm³/mol. The third-order valence-corrected chi connectivity index (χ3v) is 4.96. The lowest BCUT2D eigenvalue weighted by Gasteiger charge is -2.23. The first-order valence-electron chi connectivity index (χ1n) is 9.01. The SMILES string of the molecule is O=C(c1ccc(Cl)c(Cc2ccc(OC3CCOCC3)cc2)c1)C(O)CO. The third-order valence-electron chi connectivity index (χ3n) is 4.59. The molecule has 27 heavy (non-hydrogen) atoms. The number of hydrogen-bond donors (Lipinski definition) is 2. The van der Waals surface area contributed by atoms with Crippen LogP contribution >= 0.6 is 11.6 Å². The molecule has 2 N–H and O–H groups in total. The molecule has 0 aromatic heterocycles. The van der Waals surface area contributed by atoms with Crippen molar-refractivity contribution < 1.29 is 24.5 Å². The molecule has 0 saturated carbocycles. The molecule has 0 amide bonds. The van der Waals surface area contributed by atoms with Crippen molar-refractivity contribution in [2.75, 3.05) is 19.8 Å². The summed E-state index contributed by atoms with van der Waals surface area (Å²) in [6, 6.07) is 12.7. The Hall–Kier alpha value is -1.92. The van der Waals surface area contributed by atoms with E-state index in [4.69, 9.17) is 26.2 Å². The maximum absolute atomic E-state index is 12.0. The van der Waals surface area contributed by atoms with Crippen molar-refractivity contribution in [3.05, 3.63) is 64.2 Å². The van der Waals surface area contributed by atoms with Gasteiger partial charge in [0, 0.05) is 23.4 Å². The van der Waals surface area contributed by atoms with Crippen molar-refractivity contribution in [1.82, 2.24) is 0 Å². The van der Waals surface area contributed by atoms with E-state index in [1.165, 1.54) is 0 Å². The molecule has 1 unspecified atom stereocenters. The summed E-state index contributed by atoms with van der Waals surface area (Å²) in [5.74, 6) is 0.308. The van der Waals surface area contributed by atoms with E-state index in [1.54, 1.807) is 18.2 Å². The van der Waals surface area contributed by atoms with E-state index in [9.17, 15) is 9.90 Å².